The van der Waals surface area contributed by atoms with E-state index in [1.54, 1.807) is 0 Å². The normalized spacial score (nSPS) is 13.9. The second kappa shape index (κ2) is 15.1. The molecule has 330 valence electrons. The molecule has 0 nitrogen and oxygen atoms in total. The molecular weight excluding hydrogens is 841 g/mol. The lowest BCUT2D eigenvalue weighted by atomic mass is 9.79. The van der Waals surface area contributed by atoms with Crippen LogP contribution in [-0.4, -0.2) is 0 Å². The summed E-state index contributed by atoms with van der Waals surface area (Å²) in [6.45, 7) is 9.74. The molecule has 0 bridgehead atoms. The molecule has 0 heteroatoms. The molecule has 0 atom stereocenters. The van der Waals surface area contributed by atoms with Crippen LogP contribution in [0.5, 0.6) is 0 Å². The van der Waals surface area contributed by atoms with Crippen LogP contribution in [0.3, 0.4) is 0 Å². The van der Waals surface area contributed by atoms with Crippen molar-refractivity contribution in [3.8, 4) is 89.0 Å². The van der Waals surface area contributed by atoms with Gasteiger partial charge in [0.2, 0.25) is 0 Å². The van der Waals surface area contributed by atoms with Crippen LogP contribution < -0.4 is 0 Å². The lowest BCUT2D eigenvalue weighted by molar-refractivity contribution is 0.652. The topological polar surface area (TPSA) is 0 Å². The van der Waals surface area contributed by atoms with E-state index in [1.807, 2.05) is 0 Å². The maximum atomic E-state index is 2.58. The molecule has 0 amide bonds. The minimum atomic E-state index is -0.197. The van der Waals surface area contributed by atoms with Crippen LogP contribution in [0.1, 0.15) is 49.9 Å². The summed E-state index contributed by atoms with van der Waals surface area (Å²) in [4.78, 5) is 0. The number of benzene rings is 12. The van der Waals surface area contributed by atoms with Crippen molar-refractivity contribution in [2.75, 3.05) is 0 Å². The van der Waals surface area contributed by atoms with E-state index in [4.69, 9.17) is 0 Å². The summed E-state index contributed by atoms with van der Waals surface area (Å²) in [5, 5.41) is 8.11. The second-order valence-electron chi connectivity index (χ2n) is 20.8. The Balaban J connectivity index is 0.908. The molecule has 2 aliphatic rings. The standard InChI is InChI=1S/C70H50/c1-69(2)61-39-51(32-33-55(61)59-41-63-60(42-62(59)69)68-56-34-31-47-24-14-23-46-29-30-53(67(56)65(46)47)40-64(68)70(63,3)4)49-26-16-28-52(36-49)58-38-54(50-27-15-25-48(35-50)43-17-8-5-9-18-43)37-57(44-19-10-6-11-20-44)66(58)45-21-12-7-13-22-45/h5-42H,1-4H3. The van der Waals surface area contributed by atoms with Gasteiger partial charge in [0.25, 0.3) is 0 Å². The van der Waals surface area contributed by atoms with Gasteiger partial charge in [0.15, 0.2) is 0 Å². The third-order valence-corrected chi connectivity index (χ3v) is 16.2. The first kappa shape index (κ1) is 40.7. The van der Waals surface area contributed by atoms with Crippen LogP contribution in [0.25, 0.3) is 121 Å². The fourth-order valence-electron chi connectivity index (χ4n) is 12.6. The summed E-state index contributed by atoms with van der Waals surface area (Å²) < 4.78 is 0. The molecule has 0 N–H and O–H groups in total. The summed E-state index contributed by atoms with van der Waals surface area (Å²) in [7, 11) is 0. The Morgan fingerprint density at radius 1 is 0.229 bits per heavy atom. The van der Waals surface area contributed by atoms with Crippen molar-refractivity contribution in [1.29, 1.82) is 0 Å². The maximum Gasteiger partial charge on any atom is 0.0159 e. The van der Waals surface area contributed by atoms with Crippen molar-refractivity contribution in [3.63, 3.8) is 0 Å². The van der Waals surface area contributed by atoms with Crippen molar-refractivity contribution >= 4 is 32.3 Å². The number of fused-ring (bicyclic) bond motifs is 7. The summed E-state index contributed by atoms with van der Waals surface area (Å²) in [6.07, 6.45) is 0. The van der Waals surface area contributed by atoms with Gasteiger partial charge in [-0.2, -0.15) is 0 Å². The minimum absolute atomic E-state index is 0.140. The lowest BCUT2D eigenvalue weighted by Crippen LogP contribution is -2.17. The maximum absolute atomic E-state index is 2.58. The van der Waals surface area contributed by atoms with Gasteiger partial charge in [-0.3, -0.25) is 0 Å². The molecule has 0 aromatic heterocycles. The van der Waals surface area contributed by atoms with Gasteiger partial charge in [0.1, 0.15) is 0 Å². The SMILES string of the molecule is CC1(C)c2cc(-c3cccc(-c4cc(-c5cccc(-c6ccccc6)c5)cc(-c5ccccc5)c4-c4ccccc4)c3)ccc2-c2cc3c(cc21)-c1c(cc2ccc4cccc5ccc1c2c45)C3(C)C. The Morgan fingerprint density at radius 3 is 1.43 bits per heavy atom. The zero-order valence-electron chi connectivity index (χ0n) is 39.9. The van der Waals surface area contributed by atoms with Crippen molar-refractivity contribution in [1.82, 2.24) is 0 Å². The molecule has 0 saturated carbocycles. The van der Waals surface area contributed by atoms with Gasteiger partial charge in [-0.25, -0.2) is 0 Å². The Kier molecular flexibility index (Phi) is 8.78. The number of hydrogen-bond acceptors (Lipinski definition) is 0. The third kappa shape index (κ3) is 6.03. The van der Waals surface area contributed by atoms with Gasteiger partial charge < -0.3 is 0 Å². The van der Waals surface area contributed by atoms with Crippen molar-refractivity contribution in [3.05, 3.63) is 253 Å². The van der Waals surface area contributed by atoms with Crippen molar-refractivity contribution in [2.24, 2.45) is 0 Å². The van der Waals surface area contributed by atoms with Crippen LogP contribution in [0.4, 0.5) is 0 Å². The molecule has 0 fully saturated rings. The summed E-state index contributed by atoms with van der Waals surface area (Å²) in [6, 6.07) is 86.6. The van der Waals surface area contributed by atoms with E-state index >= 15 is 0 Å². The first-order chi connectivity index (χ1) is 34.2. The summed E-state index contributed by atoms with van der Waals surface area (Å²) in [5.41, 5.74) is 25.4. The fourth-order valence-corrected chi connectivity index (χ4v) is 12.6. The molecule has 14 rings (SSSR count). The van der Waals surface area contributed by atoms with Gasteiger partial charge in [-0.1, -0.05) is 210 Å². The number of hydrogen-bond donors (Lipinski definition) is 0. The quantitative estimate of drug-likeness (QED) is 0.146. The Morgan fingerprint density at radius 2 is 0.714 bits per heavy atom. The van der Waals surface area contributed by atoms with Crippen molar-refractivity contribution in [2.45, 2.75) is 38.5 Å². The van der Waals surface area contributed by atoms with Gasteiger partial charge in [0, 0.05) is 10.8 Å². The molecule has 12 aromatic carbocycles. The van der Waals surface area contributed by atoms with Crippen LogP contribution in [0.2, 0.25) is 0 Å². The highest BCUT2D eigenvalue weighted by Gasteiger charge is 2.42. The molecule has 0 saturated heterocycles. The molecule has 0 spiro atoms. The highest BCUT2D eigenvalue weighted by atomic mass is 14.5. The van der Waals surface area contributed by atoms with E-state index in [9.17, 15) is 0 Å². The molecule has 0 unspecified atom stereocenters. The zero-order chi connectivity index (χ0) is 46.9. The highest BCUT2D eigenvalue weighted by Crippen LogP contribution is 2.59. The smallest absolute Gasteiger partial charge is 0.0159 e. The Hall–Kier alpha value is -8.32. The average Bonchev–Trinajstić information content (AvgIpc) is 3.77. The summed E-state index contributed by atoms with van der Waals surface area (Å²) in [5.74, 6) is 0. The van der Waals surface area contributed by atoms with Gasteiger partial charge >= 0.3 is 0 Å². The largest absolute Gasteiger partial charge is 0.0622 e. The van der Waals surface area contributed by atoms with Crippen molar-refractivity contribution < 1.29 is 0 Å². The van der Waals surface area contributed by atoms with E-state index < -0.39 is 0 Å². The van der Waals surface area contributed by atoms with E-state index in [1.165, 1.54) is 144 Å². The average molecular weight is 891 g/mol. The fraction of sp³-hybridized carbons (Fsp3) is 0.0857. The predicted molar refractivity (Wildman–Crippen MR) is 298 cm³/mol. The first-order valence-corrected chi connectivity index (χ1v) is 24.8. The van der Waals surface area contributed by atoms with E-state index in [0.29, 0.717) is 0 Å². The molecule has 12 aromatic rings. The molecule has 0 aliphatic heterocycles. The van der Waals surface area contributed by atoms with E-state index in [0.717, 1.165) is 0 Å². The zero-order valence-corrected chi connectivity index (χ0v) is 39.9. The third-order valence-electron chi connectivity index (χ3n) is 16.2. The predicted octanol–water partition coefficient (Wildman–Crippen LogP) is 19.2. The van der Waals surface area contributed by atoms with Crippen LogP contribution in [0, 0.1) is 0 Å². The molecule has 2 aliphatic carbocycles. The lowest BCUT2D eigenvalue weighted by Gasteiger charge is -2.24. The highest BCUT2D eigenvalue weighted by molar-refractivity contribution is 6.26. The monoisotopic (exact) mass is 890 g/mol. The second-order valence-corrected chi connectivity index (χ2v) is 20.8. The molecular formula is C70H50. The summed E-state index contributed by atoms with van der Waals surface area (Å²) >= 11 is 0. The number of rotatable bonds is 6. The van der Waals surface area contributed by atoms with Gasteiger partial charge in [0.05, 0.1) is 0 Å². The van der Waals surface area contributed by atoms with Gasteiger partial charge in [-0.05, 0) is 192 Å². The first-order valence-electron chi connectivity index (χ1n) is 24.8. The van der Waals surface area contributed by atoms with Crippen LogP contribution in [-0.2, 0) is 10.8 Å². The van der Waals surface area contributed by atoms with Crippen LogP contribution >= 0.6 is 0 Å². The molecule has 0 heterocycles. The Labute approximate surface area is 410 Å². The molecule has 70 heavy (non-hydrogen) atoms. The van der Waals surface area contributed by atoms with E-state index in [-0.39, 0.29) is 10.8 Å². The minimum Gasteiger partial charge on any atom is -0.0622 e. The van der Waals surface area contributed by atoms with Crippen LogP contribution in [0.15, 0.2) is 231 Å². The molecule has 0 radical (unpaired) electrons. The Bertz CT molecular complexity index is 4060. The van der Waals surface area contributed by atoms with E-state index in [2.05, 4.69) is 258 Å². The van der Waals surface area contributed by atoms with Gasteiger partial charge in [-0.15, -0.1) is 0 Å².